The molecule has 0 atom stereocenters. The molecule has 1 amide bonds. The van der Waals surface area contributed by atoms with E-state index in [1.807, 2.05) is 0 Å². The first-order chi connectivity index (χ1) is 17.5. The van der Waals surface area contributed by atoms with E-state index in [0.29, 0.717) is 47.6 Å². The second kappa shape index (κ2) is 11.4. The Bertz CT molecular complexity index is 1390. The lowest BCUT2D eigenvalue weighted by Crippen LogP contribution is -2.44. The third-order valence-corrected chi connectivity index (χ3v) is 9.84. The molecule has 4 rings (SSSR count). The van der Waals surface area contributed by atoms with Crippen molar-refractivity contribution < 1.29 is 26.4 Å². The van der Waals surface area contributed by atoms with Gasteiger partial charge in [0.1, 0.15) is 8.85 Å². The summed E-state index contributed by atoms with van der Waals surface area (Å²) < 4.78 is 66.4. The molecule has 0 radical (unpaired) electrons. The quantitative estimate of drug-likeness (QED) is 0.342. The zero-order chi connectivity index (χ0) is 26.6. The van der Waals surface area contributed by atoms with Crippen molar-refractivity contribution in [2.75, 3.05) is 13.1 Å². The summed E-state index contributed by atoms with van der Waals surface area (Å²) in [5.74, 6) is -0.342. The molecule has 13 heteroatoms. The van der Waals surface area contributed by atoms with Gasteiger partial charge in [-0.05, 0) is 54.8 Å². The van der Waals surface area contributed by atoms with Gasteiger partial charge in [0.15, 0.2) is 0 Å². The van der Waals surface area contributed by atoms with E-state index in [1.165, 1.54) is 16.4 Å². The summed E-state index contributed by atoms with van der Waals surface area (Å²) in [6.07, 6.45) is -1.55. The number of benzene rings is 1. The van der Waals surface area contributed by atoms with E-state index in [2.05, 4.69) is 15.6 Å². The molecule has 198 valence electrons. The molecule has 1 aliphatic rings. The number of H-pyrrole nitrogens is 1. The van der Waals surface area contributed by atoms with Crippen molar-refractivity contribution in [1.29, 1.82) is 0 Å². The largest absolute Gasteiger partial charge is 0.416 e. The molecular formula is C24H25F3N4O3S3. The van der Waals surface area contributed by atoms with Gasteiger partial charge in [0, 0.05) is 36.8 Å². The van der Waals surface area contributed by atoms with Crippen LogP contribution in [0.15, 0.2) is 58.9 Å². The predicted molar refractivity (Wildman–Crippen MR) is 137 cm³/mol. The summed E-state index contributed by atoms with van der Waals surface area (Å²) in [5, 5.41) is 6.06. The first-order valence-corrected chi connectivity index (χ1v) is 14.1. The minimum Gasteiger partial charge on any atom is -0.352 e. The number of carbonyl (C=O) groups excluding carboxylic acids is 1. The van der Waals surface area contributed by atoms with Crippen LogP contribution in [0.2, 0.25) is 0 Å². The highest BCUT2D eigenvalue weighted by Gasteiger charge is 2.31. The molecule has 37 heavy (non-hydrogen) atoms. The molecule has 3 heterocycles. The summed E-state index contributed by atoms with van der Waals surface area (Å²) in [6, 6.07) is 11.6. The van der Waals surface area contributed by atoms with Crippen LogP contribution < -0.4 is 10.6 Å². The Kier molecular flexibility index (Phi) is 8.49. The van der Waals surface area contributed by atoms with Gasteiger partial charge >= 0.3 is 6.18 Å². The lowest BCUT2D eigenvalue weighted by atomic mass is 10.1. The van der Waals surface area contributed by atoms with Crippen LogP contribution >= 0.6 is 23.6 Å². The third kappa shape index (κ3) is 6.85. The summed E-state index contributed by atoms with van der Waals surface area (Å²) in [7, 11) is -3.66. The fraction of sp³-hybridized carbons (Fsp3) is 0.333. The van der Waals surface area contributed by atoms with Crippen molar-refractivity contribution in [3.63, 3.8) is 0 Å². The minimum absolute atomic E-state index is 0.0624. The zero-order valence-electron chi connectivity index (χ0n) is 19.5. The first kappa shape index (κ1) is 27.5. The maximum Gasteiger partial charge on any atom is 0.416 e. The molecule has 3 N–H and O–H groups in total. The highest BCUT2D eigenvalue weighted by Crippen LogP contribution is 2.29. The van der Waals surface area contributed by atoms with Crippen molar-refractivity contribution in [3.8, 4) is 0 Å². The molecule has 2 aromatic heterocycles. The Morgan fingerprint density at radius 2 is 1.78 bits per heavy atom. The van der Waals surface area contributed by atoms with Gasteiger partial charge in [-0.1, -0.05) is 24.4 Å². The number of halogens is 3. The van der Waals surface area contributed by atoms with Gasteiger partial charge in [0.05, 0.1) is 17.7 Å². The highest BCUT2D eigenvalue weighted by atomic mass is 32.2. The van der Waals surface area contributed by atoms with Crippen LogP contribution in [0.3, 0.4) is 0 Å². The van der Waals surface area contributed by atoms with Crippen LogP contribution in [-0.4, -0.2) is 42.7 Å². The smallest absolute Gasteiger partial charge is 0.352 e. The van der Waals surface area contributed by atoms with Gasteiger partial charge in [-0.25, -0.2) is 8.42 Å². The van der Waals surface area contributed by atoms with Crippen LogP contribution in [0.4, 0.5) is 13.2 Å². The highest BCUT2D eigenvalue weighted by molar-refractivity contribution is 7.91. The van der Waals surface area contributed by atoms with E-state index >= 15 is 0 Å². The van der Waals surface area contributed by atoms with Gasteiger partial charge in [0.25, 0.3) is 15.9 Å². The van der Waals surface area contributed by atoms with Gasteiger partial charge < -0.3 is 15.6 Å². The molecular weight excluding hydrogens is 545 g/mol. The van der Waals surface area contributed by atoms with Crippen molar-refractivity contribution in [3.05, 3.63) is 80.9 Å². The number of aromatic nitrogens is 1. The van der Waals surface area contributed by atoms with E-state index < -0.39 is 21.8 Å². The number of aromatic amines is 1. The number of thiophene rings is 1. The average Bonchev–Trinajstić information content (AvgIpc) is 3.36. The van der Waals surface area contributed by atoms with Crippen molar-refractivity contribution in [1.82, 2.24) is 19.9 Å². The molecule has 3 aromatic rings. The topological polar surface area (TPSA) is 94.3 Å². The third-order valence-electron chi connectivity index (χ3n) is 6.05. The van der Waals surface area contributed by atoms with E-state index in [4.69, 9.17) is 12.2 Å². The molecule has 1 aliphatic heterocycles. The number of piperidine rings is 1. The molecule has 7 nitrogen and oxygen atoms in total. The molecule has 0 aliphatic carbocycles. The molecule has 1 saturated heterocycles. The molecule has 1 aromatic carbocycles. The second-order valence-corrected chi connectivity index (χ2v) is 12.3. The molecule has 0 saturated carbocycles. The summed E-state index contributed by atoms with van der Waals surface area (Å²) in [4.78, 5) is 15.8. The van der Waals surface area contributed by atoms with E-state index in [1.54, 1.807) is 30.5 Å². The number of nitrogens with one attached hydrogen (secondary N) is 3. The Hall–Kier alpha value is -2.58. The number of nitrogens with zero attached hydrogens (tertiary/aromatic N) is 1. The number of rotatable bonds is 8. The second-order valence-electron chi connectivity index (χ2n) is 8.57. The number of pyridine rings is 1. The number of hydrogen-bond acceptors (Lipinski definition) is 6. The van der Waals surface area contributed by atoms with Crippen LogP contribution in [0.1, 0.15) is 39.2 Å². The normalized spacial score (nSPS) is 15.5. The van der Waals surface area contributed by atoms with Gasteiger partial charge in [-0.2, -0.15) is 17.5 Å². The number of sulfonamides is 1. The first-order valence-electron chi connectivity index (χ1n) is 11.5. The molecule has 0 unspecified atom stereocenters. The molecule has 1 fully saturated rings. The van der Waals surface area contributed by atoms with Crippen LogP contribution in [0.25, 0.3) is 0 Å². The number of hydrogen-bond donors (Lipinski definition) is 3. The average molecular weight is 571 g/mol. The van der Waals surface area contributed by atoms with Crippen LogP contribution in [0, 0.1) is 4.64 Å². The van der Waals surface area contributed by atoms with E-state index in [-0.39, 0.29) is 22.7 Å². The van der Waals surface area contributed by atoms with E-state index in [0.717, 1.165) is 29.0 Å². The summed E-state index contributed by atoms with van der Waals surface area (Å²) >= 11 is 6.22. The minimum atomic E-state index is -4.36. The SMILES string of the molecule is O=C(NCc1ccc(S(=O)(=O)N2CCC(NCc3ccc(C(F)(F)F)cc3)CC2)s1)c1ccc[nH]c1=S. The summed E-state index contributed by atoms with van der Waals surface area (Å²) in [5.41, 5.74) is 0.390. The monoisotopic (exact) mass is 570 g/mol. The van der Waals surface area contributed by atoms with Gasteiger partial charge in [0.2, 0.25) is 0 Å². The number of alkyl halides is 3. The number of carbonyl (C=O) groups is 1. The Labute approximate surface area is 221 Å². The maximum absolute atomic E-state index is 13.1. The van der Waals surface area contributed by atoms with Crippen molar-refractivity contribution in [2.24, 2.45) is 0 Å². The predicted octanol–water partition coefficient (Wildman–Crippen LogP) is 4.70. The lowest BCUT2D eigenvalue weighted by Gasteiger charge is -2.31. The Morgan fingerprint density at radius 1 is 1.08 bits per heavy atom. The van der Waals surface area contributed by atoms with Crippen LogP contribution in [0.5, 0.6) is 0 Å². The Morgan fingerprint density at radius 3 is 2.43 bits per heavy atom. The molecule has 0 bridgehead atoms. The lowest BCUT2D eigenvalue weighted by molar-refractivity contribution is -0.137. The number of amides is 1. The van der Waals surface area contributed by atoms with E-state index in [9.17, 15) is 26.4 Å². The zero-order valence-corrected chi connectivity index (χ0v) is 22.0. The molecule has 0 spiro atoms. The van der Waals surface area contributed by atoms with Gasteiger partial charge in [-0.3, -0.25) is 4.79 Å². The van der Waals surface area contributed by atoms with Crippen molar-refractivity contribution >= 4 is 39.5 Å². The maximum atomic E-state index is 13.1. The standard InChI is InChI=1S/C24H25F3N4O3S3/c25-24(26,27)17-5-3-16(4-6-17)14-29-18-9-12-31(13-10-18)37(33,34)21-8-7-19(36-21)15-30-22(32)20-2-1-11-28-23(20)35/h1-8,11,18,29H,9-10,12-15H2,(H,28,35)(H,30,32). The van der Waals surface area contributed by atoms with Crippen LogP contribution in [-0.2, 0) is 29.3 Å². The fourth-order valence-corrected chi connectivity index (χ4v) is 7.10. The van der Waals surface area contributed by atoms with Crippen molar-refractivity contribution in [2.45, 2.75) is 42.4 Å². The fourth-order valence-electron chi connectivity index (χ4n) is 3.96. The Balaban J connectivity index is 1.27. The summed E-state index contributed by atoms with van der Waals surface area (Å²) in [6.45, 7) is 1.26. The van der Waals surface area contributed by atoms with Gasteiger partial charge in [-0.15, -0.1) is 11.3 Å².